The Morgan fingerprint density at radius 3 is 2.56 bits per heavy atom. The number of imidazole rings is 1. The second kappa shape index (κ2) is 9.05. The number of hydrogen-bond donors (Lipinski definition) is 1. The Hall–Kier alpha value is -3.06. The van der Waals surface area contributed by atoms with Gasteiger partial charge in [-0.25, -0.2) is 4.98 Å². The number of hydrogen-bond acceptors (Lipinski definition) is 5. The minimum atomic E-state index is -0.214. The number of nitrogens with one attached hydrogen (secondary N) is 1. The standard InChI is InChI=1S/C20H19N3O3S/c1-26-17-9-7-16(8-10-17)23-12-11-21-20(23)27-14-19(25)22-13-18(24)15-5-3-2-4-6-15/h2-12H,13-14H2,1H3,(H,22,25). The van der Waals surface area contributed by atoms with Gasteiger partial charge in [0.25, 0.3) is 0 Å². The van der Waals surface area contributed by atoms with Crippen LogP contribution in [0.15, 0.2) is 72.1 Å². The molecule has 1 heterocycles. The Labute approximate surface area is 161 Å². The van der Waals surface area contributed by atoms with Crippen molar-refractivity contribution in [2.45, 2.75) is 5.16 Å². The molecule has 0 saturated carbocycles. The summed E-state index contributed by atoms with van der Waals surface area (Å²) in [6.45, 7) is -0.0175. The highest BCUT2D eigenvalue weighted by molar-refractivity contribution is 7.99. The van der Waals surface area contributed by atoms with Crippen molar-refractivity contribution in [3.8, 4) is 11.4 Å². The second-order valence-corrected chi connectivity index (χ2v) is 6.57. The number of carbonyl (C=O) groups excluding carboxylic acids is 2. The molecular weight excluding hydrogens is 362 g/mol. The van der Waals surface area contributed by atoms with Gasteiger partial charge in [0, 0.05) is 23.6 Å². The molecule has 2 aromatic carbocycles. The van der Waals surface area contributed by atoms with E-state index in [0.717, 1.165) is 11.4 Å². The molecular formula is C20H19N3O3S. The molecule has 0 aliphatic heterocycles. The van der Waals surface area contributed by atoms with Crippen LogP contribution in [-0.4, -0.2) is 40.6 Å². The lowest BCUT2D eigenvalue weighted by Gasteiger charge is -2.08. The molecule has 0 saturated heterocycles. The molecule has 1 aromatic heterocycles. The van der Waals surface area contributed by atoms with Gasteiger partial charge in [0.1, 0.15) is 5.75 Å². The van der Waals surface area contributed by atoms with Gasteiger partial charge in [0.2, 0.25) is 5.91 Å². The summed E-state index contributed by atoms with van der Waals surface area (Å²) < 4.78 is 7.06. The molecule has 1 amide bonds. The number of Topliss-reactive ketones (excluding diaryl/α,β-unsaturated/α-hetero) is 1. The molecule has 0 aliphatic rings. The molecule has 0 atom stereocenters. The Bertz CT molecular complexity index is 908. The molecule has 3 rings (SSSR count). The number of ether oxygens (including phenoxy) is 1. The molecule has 0 bridgehead atoms. The highest BCUT2D eigenvalue weighted by atomic mass is 32.2. The van der Waals surface area contributed by atoms with Crippen LogP contribution in [0, 0.1) is 0 Å². The Kier molecular flexibility index (Phi) is 6.27. The number of nitrogens with zero attached hydrogens (tertiary/aromatic N) is 2. The molecule has 138 valence electrons. The van der Waals surface area contributed by atoms with E-state index < -0.39 is 0 Å². The summed E-state index contributed by atoms with van der Waals surface area (Å²) in [5, 5.41) is 3.35. The van der Waals surface area contributed by atoms with Crippen molar-refractivity contribution in [1.82, 2.24) is 14.9 Å². The van der Waals surface area contributed by atoms with Crippen LogP contribution in [0.2, 0.25) is 0 Å². The SMILES string of the molecule is COc1ccc(-n2ccnc2SCC(=O)NCC(=O)c2ccccc2)cc1. The molecule has 27 heavy (non-hydrogen) atoms. The van der Waals surface area contributed by atoms with Gasteiger partial charge < -0.3 is 10.1 Å². The molecule has 1 N–H and O–H groups in total. The summed E-state index contributed by atoms with van der Waals surface area (Å²) in [5.74, 6) is 0.618. The fourth-order valence-corrected chi connectivity index (χ4v) is 3.22. The van der Waals surface area contributed by atoms with Crippen LogP contribution in [0.25, 0.3) is 5.69 Å². The van der Waals surface area contributed by atoms with E-state index in [9.17, 15) is 9.59 Å². The number of ketones is 1. The number of benzene rings is 2. The normalized spacial score (nSPS) is 10.4. The van der Waals surface area contributed by atoms with Crippen LogP contribution in [0.4, 0.5) is 0 Å². The maximum Gasteiger partial charge on any atom is 0.230 e. The van der Waals surface area contributed by atoms with Gasteiger partial charge in [0.15, 0.2) is 10.9 Å². The second-order valence-electron chi connectivity index (χ2n) is 5.63. The van der Waals surface area contributed by atoms with Gasteiger partial charge in [-0.05, 0) is 24.3 Å². The van der Waals surface area contributed by atoms with Crippen molar-refractivity contribution >= 4 is 23.5 Å². The predicted octanol–water partition coefficient (Wildman–Crippen LogP) is 2.97. The van der Waals surface area contributed by atoms with Crippen LogP contribution in [0.1, 0.15) is 10.4 Å². The van der Waals surface area contributed by atoms with E-state index in [0.29, 0.717) is 10.7 Å². The lowest BCUT2D eigenvalue weighted by atomic mass is 10.1. The summed E-state index contributed by atoms with van der Waals surface area (Å²) >= 11 is 1.31. The first-order valence-corrected chi connectivity index (χ1v) is 9.31. The maximum atomic E-state index is 12.1. The van der Waals surface area contributed by atoms with Gasteiger partial charge in [-0.1, -0.05) is 42.1 Å². The zero-order chi connectivity index (χ0) is 19.1. The van der Waals surface area contributed by atoms with Crippen molar-refractivity contribution in [2.75, 3.05) is 19.4 Å². The van der Waals surface area contributed by atoms with Gasteiger partial charge in [-0.2, -0.15) is 0 Å². The molecule has 0 fully saturated rings. The Morgan fingerprint density at radius 1 is 1.11 bits per heavy atom. The largest absolute Gasteiger partial charge is 0.497 e. The quantitative estimate of drug-likeness (QED) is 0.480. The lowest BCUT2D eigenvalue weighted by molar-refractivity contribution is -0.118. The molecule has 6 nitrogen and oxygen atoms in total. The molecule has 0 spiro atoms. The number of thioether (sulfide) groups is 1. The van der Waals surface area contributed by atoms with E-state index in [2.05, 4.69) is 10.3 Å². The summed E-state index contributed by atoms with van der Waals surface area (Å²) in [4.78, 5) is 28.4. The van der Waals surface area contributed by atoms with Gasteiger partial charge in [-0.15, -0.1) is 0 Å². The van der Waals surface area contributed by atoms with Crippen LogP contribution in [0.5, 0.6) is 5.75 Å². The topological polar surface area (TPSA) is 73.2 Å². The van der Waals surface area contributed by atoms with Crippen LogP contribution in [-0.2, 0) is 4.79 Å². The first-order chi connectivity index (χ1) is 13.2. The number of aromatic nitrogens is 2. The minimum absolute atomic E-state index is 0.0175. The Morgan fingerprint density at radius 2 is 1.85 bits per heavy atom. The highest BCUT2D eigenvalue weighted by Crippen LogP contribution is 2.22. The molecule has 7 heteroatoms. The fourth-order valence-electron chi connectivity index (χ4n) is 2.42. The number of rotatable bonds is 8. The van der Waals surface area contributed by atoms with Crippen LogP contribution in [0.3, 0.4) is 0 Å². The summed E-state index contributed by atoms with van der Waals surface area (Å²) in [7, 11) is 1.62. The van der Waals surface area contributed by atoms with Crippen LogP contribution >= 0.6 is 11.8 Å². The van der Waals surface area contributed by atoms with E-state index >= 15 is 0 Å². The number of carbonyl (C=O) groups is 2. The third-order valence-corrected chi connectivity index (χ3v) is 4.80. The van der Waals surface area contributed by atoms with Crippen molar-refractivity contribution in [3.05, 3.63) is 72.6 Å². The first-order valence-electron chi connectivity index (χ1n) is 8.33. The number of amides is 1. The summed E-state index contributed by atoms with van der Waals surface area (Å²) in [6.07, 6.45) is 3.52. The molecule has 0 aliphatic carbocycles. The summed E-state index contributed by atoms with van der Waals surface area (Å²) in [6, 6.07) is 16.5. The van der Waals surface area contributed by atoms with Gasteiger partial charge >= 0.3 is 0 Å². The zero-order valence-corrected chi connectivity index (χ0v) is 15.6. The smallest absolute Gasteiger partial charge is 0.230 e. The van der Waals surface area contributed by atoms with Crippen molar-refractivity contribution < 1.29 is 14.3 Å². The van der Waals surface area contributed by atoms with Crippen molar-refractivity contribution in [2.24, 2.45) is 0 Å². The number of methoxy groups -OCH3 is 1. The van der Waals surface area contributed by atoms with Crippen molar-refractivity contribution in [3.63, 3.8) is 0 Å². The van der Waals surface area contributed by atoms with E-state index in [1.165, 1.54) is 11.8 Å². The van der Waals surface area contributed by atoms with Crippen molar-refractivity contribution in [1.29, 1.82) is 0 Å². The minimum Gasteiger partial charge on any atom is -0.497 e. The van der Waals surface area contributed by atoms with Gasteiger partial charge in [0.05, 0.1) is 19.4 Å². The first kappa shape index (κ1) is 18.7. The molecule has 0 unspecified atom stereocenters. The average Bonchev–Trinajstić information content (AvgIpc) is 3.19. The average molecular weight is 381 g/mol. The fraction of sp³-hybridized carbons (Fsp3) is 0.150. The van der Waals surface area contributed by atoms with Crippen LogP contribution < -0.4 is 10.1 Å². The monoisotopic (exact) mass is 381 g/mol. The van der Waals surface area contributed by atoms with E-state index in [4.69, 9.17) is 4.74 Å². The molecule has 0 radical (unpaired) electrons. The van der Waals surface area contributed by atoms with E-state index in [1.807, 2.05) is 41.1 Å². The predicted molar refractivity (Wildman–Crippen MR) is 105 cm³/mol. The molecule has 3 aromatic rings. The van der Waals surface area contributed by atoms with E-state index in [1.54, 1.807) is 37.6 Å². The highest BCUT2D eigenvalue weighted by Gasteiger charge is 2.11. The zero-order valence-electron chi connectivity index (χ0n) is 14.8. The van der Waals surface area contributed by atoms with Gasteiger partial charge in [-0.3, -0.25) is 14.2 Å². The third-order valence-electron chi connectivity index (χ3n) is 3.83. The van der Waals surface area contributed by atoms with E-state index in [-0.39, 0.29) is 24.0 Å². The lowest BCUT2D eigenvalue weighted by Crippen LogP contribution is -2.30. The summed E-state index contributed by atoms with van der Waals surface area (Å²) in [5.41, 5.74) is 1.51. The Balaban J connectivity index is 1.53. The maximum absolute atomic E-state index is 12.1. The third kappa shape index (κ3) is 4.98.